The average Bonchev–Trinajstić information content (AvgIpc) is 3.07. The zero-order valence-corrected chi connectivity index (χ0v) is 22.0. The van der Waals surface area contributed by atoms with Gasteiger partial charge in [-0.3, -0.25) is 9.59 Å². The summed E-state index contributed by atoms with van der Waals surface area (Å²) in [7, 11) is 1.63. The average molecular weight is 493 g/mol. The van der Waals surface area contributed by atoms with Crippen LogP contribution in [-0.4, -0.2) is 35.7 Å². The first kappa shape index (κ1) is 26.2. The molecule has 2 aliphatic rings. The van der Waals surface area contributed by atoms with Gasteiger partial charge in [-0.1, -0.05) is 44.2 Å². The lowest BCUT2D eigenvalue weighted by atomic mass is 9.57. The molecule has 0 bridgehead atoms. The first-order valence-corrected chi connectivity index (χ1v) is 13.0. The fourth-order valence-corrected chi connectivity index (χ4v) is 6.64. The van der Waals surface area contributed by atoms with Gasteiger partial charge in [0, 0.05) is 24.6 Å². The van der Waals surface area contributed by atoms with E-state index in [1.165, 1.54) is 0 Å². The van der Waals surface area contributed by atoms with E-state index in [0.29, 0.717) is 37.8 Å². The van der Waals surface area contributed by atoms with E-state index in [9.17, 15) is 14.7 Å². The number of fused-ring (bicyclic) bond motifs is 1. The van der Waals surface area contributed by atoms with Crippen LogP contribution in [0.1, 0.15) is 75.2 Å². The van der Waals surface area contributed by atoms with Crippen LogP contribution in [-0.2, 0) is 11.3 Å². The normalized spacial score (nSPS) is 28.7. The Hall–Kier alpha value is -2.86. The van der Waals surface area contributed by atoms with Crippen molar-refractivity contribution in [2.24, 2.45) is 16.7 Å². The van der Waals surface area contributed by atoms with Crippen LogP contribution in [0.4, 0.5) is 0 Å². The summed E-state index contributed by atoms with van der Waals surface area (Å²) in [5, 5.41) is 17.4. The molecule has 36 heavy (non-hydrogen) atoms. The predicted octanol–water partition coefficient (Wildman–Crippen LogP) is 4.86. The summed E-state index contributed by atoms with van der Waals surface area (Å²) in [4.78, 5) is 26.1. The molecule has 3 N–H and O–H groups in total. The summed E-state index contributed by atoms with van der Waals surface area (Å²) in [6, 6.07) is 16.9. The number of benzene rings is 2. The maximum absolute atomic E-state index is 13.2. The summed E-state index contributed by atoms with van der Waals surface area (Å²) < 4.78 is 5.20. The number of ether oxygens (including phenoxy) is 1. The number of rotatable bonds is 8. The smallest absolute Gasteiger partial charge is 0.251 e. The zero-order valence-electron chi connectivity index (χ0n) is 22.0. The van der Waals surface area contributed by atoms with E-state index in [0.717, 1.165) is 24.2 Å². The molecule has 4 rings (SSSR count). The first-order valence-electron chi connectivity index (χ1n) is 13.0. The van der Waals surface area contributed by atoms with Gasteiger partial charge in [0.25, 0.3) is 5.91 Å². The maximum atomic E-state index is 13.2. The molecule has 0 aliphatic heterocycles. The minimum Gasteiger partial charge on any atom is -0.497 e. The highest BCUT2D eigenvalue weighted by atomic mass is 16.5. The molecule has 2 saturated carbocycles. The Morgan fingerprint density at radius 1 is 1.00 bits per heavy atom. The van der Waals surface area contributed by atoms with Crippen molar-refractivity contribution in [3.63, 3.8) is 0 Å². The van der Waals surface area contributed by atoms with E-state index in [-0.39, 0.29) is 34.6 Å². The zero-order chi connectivity index (χ0) is 26.0. The molecule has 2 fully saturated rings. The van der Waals surface area contributed by atoms with Crippen LogP contribution in [0.5, 0.6) is 5.75 Å². The van der Waals surface area contributed by atoms with Gasteiger partial charge in [-0.25, -0.2) is 0 Å². The van der Waals surface area contributed by atoms with E-state index in [1.54, 1.807) is 7.11 Å². The van der Waals surface area contributed by atoms with Crippen molar-refractivity contribution in [2.75, 3.05) is 7.11 Å². The molecule has 0 heterocycles. The Morgan fingerprint density at radius 3 is 2.36 bits per heavy atom. The summed E-state index contributed by atoms with van der Waals surface area (Å²) in [6.07, 6.45) is 4.06. The predicted molar refractivity (Wildman–Crippen MR) is 141 cm³/mol. The molecule has 0 radical (unpaired) electrons. The molecular weight excluding hydrogens is 452 g/mol. The number of methoxy groups -OCH3 is 1. The highest BCUT2D eigenvalue weighted by Gasteiger charge is 2.61. The Balaban J connectivity index is 1.49. The molecule has 2 amide bonds. The maximum Gasteiger partial charge on any atom is 0.251 e. The number of carbonyl (C=O) groups is 2. The van der Waals surface area contributed by atoms with Crippen molar-refractivity contribution in [2.45, 2.75) is 77.5 Å². The van der Waals surface area contributed by atoms with Gasteiger partial charge in [-0.2, -0.15) is 0 Å². The SMILES string of the molecule is COc1ccc(CNC(=O)CC[C@@]23CC[C@@](C)(O)C[C@H]2C(C)(C)C[C@@H]3NC(=O)c2ccccc2)cc1. The van der Waals surface area contributed by atoms with Crippen LogP contribution in [0.15, 0.2) is 54.6 Å². The topological polar surface area (TPSA) is 87.7 Å². The fourth-order valence-electron chi connectivity index (χ4n) is 6.64. The molecule has 0 aromatic heterocycles. The summed E-state index contributed by atoms with van der Waals surface area (Å²) in [5.41, 5.74) is 0.657. The third-order valence-corrected chi connectivity index (χ3v) is 8.64. The number of hydrogen-bond acceptors (Lipinski definition) is 4. The standard InChI is InChI=1S/C30H40N2O4/c1-28(2)19-25(32-27(34)22-8-6-5-7-9-22)30(17-16-29(3,35)18-24(28)30)15-14-26(33)31-20-21-10-12-23(36-4)13-11-21/h5-13,24-25,35H,14-20H2,1-4H3,(H,31,33)(H,32,34)/t24-,25-,29+,30+/m0/s1. The van der Waals surface area contributed by atoms with Crippen molar-refractivity contribution in [1.29, 1.82) is 0 Å². The van der Waals surface area contributed by atoms with E-state index in [2.05, 4.69) is 24.5 Å². The number of hydrogen-bond donors (Lipinski definition) is 3. The van der Waals surface area contributed by atoms with E-state index in [4.69, 9.17) is 4.74 Å². The van der Waals surface area contributed by atoms with Crippen LogP contribution < -0.4 is 15.4 Å². The van der Waals surface area contributed by atoms with E-state index in [1.807, 2.05) is 61.5 Å². The monoisotopic (exact) mass is 492 g/mol. The van der Waals surface area contributed by atoms with E-state index >= 15 is 0 Å². The highest BCUT2D eigenvalue weighted by Crippen LogP contribution is 2.63. The number of nitrogens with one attached hydrogen (secondary N) is 2. The number of aliphatic hydroxyl groups is 1. The van der Waals surface area contributed by atoms with Gasteiger partial charge < -0.3 is 20.5 Å². The molecule has 2 aliphatic carbocycles. The lowest BCUT2D eigenvalue weighted by Crippen LogP contribution is -2.52. The quantitative estimate of drug-likeness (QED) is 0.491. The van der Waals surface area contributed by atoms with Gasteiger partial charge in [0.1, 0.15) is 5.75 Å². The van der Waals surface area contributed by atoms with Gasteiger partial charge in [-0.15, -0.1) is 0 Å². The third-order valence-electron chi connectivity index (χ3n) is 8.64. The highest BCUT2D eigenvalue weighted by molar-refractivity contribution is 5.94. The number of carbonyl (C=O) groups excluding carboxylic acids is 2. The van der Waals surface area contributed by atoms with Gasteiger partial charge in [0.05, 0.1) is 12.7 Å². The van der Waals surface area contributed by atoms with Crippen LogP contribution in [0.2, 0.25) is 0 Å². The lowest BCUT2D eigenvalue weighted by molar-refractivity contribution is -0.123. The van der Waals surface area contributed by atoms with Crippen molar-refractivity contribution in [3.8, 4) is 5.75 Å². The third kappa shape index (κ3) is 5.59. The Morgan fingerprint density at radius 2 is 1.69 bits per heavy atom. The first-order chi connectivity index (χ1) is 17.0. The summed E-state index contributed by atoms with van der Waals surface area (Å²) >= 11 is 0. The van der Waals surface area contributed by atoms with Crippen molar-refractivity contribution in [1.82, 2.24) is 10.6 Å². The molecule has 194 valence electrons. The fraction of sp³-hybridized carbons (Fsp3) is 0.533. The van der Waals surface area contributed by atoms with Crippen LogP contribution >= 0.6 is 0 Å². The van der Waals surface area contributed by atoms with Crippen LogP contribution in [0.3, 0.4) is 0 Å². The molecule has 2 aromatic carbocycles. The second-order valence-electron chi connectivity index (χ2n) is 11.7. The van der Waals surface area contributed by atoms with E-state index < -0.39 is 5.60 Å². The minimum atomic E-state index is -0.722. The molecule has 2 aromatic rings. The lowest BCUT2D eigenvalue weighted by Gasteiger charge is -2.50. The van der Waals surface area contributed by atoms with Crippen LogP contribution in [0, 0.1) is 16.7 Å². The molecule has 4 atom stereocenters. The van der Waals surface area contributed by atoms with Gasteiger partial charge in [0.2, 0.25) is 5.91 Å². The summed E-state index contributed by atoms with van der Waals surface area (Å²) in [5.74, 6) is 0.937. The largest absolute Gasteiger partial charge is 0.497 e. The second kappa shape index (κ2) is 10.3. The van der Waals surface area contributed by atoms with Gasteiger partial charge in [0.15, 0.2) is 0 Å². The Kier molecular flexibility index (Phi) is 7.46. The second-order valence-corrected chi connectivity index (χ2v) is 11.7. The molecule has 6 nitrogen and oxygen atoms in total. The molecular formula is C30H40N2O4. The van der Waals surface area contributed by atoms with Gasteiger partial charge in [-0.05, 0) is 85.6 Å². The van der Waals surface area contributed by atoms with Crippen molar-refractivity contribution >= 4 is 11.8 Å². The minimum absolute atomic E-state index is 0.00844. The number of amides is 2. The molecule has 6 heteroatoms. The summed E-state index contributed by atoms with van der Waals surface area (Å²) in [6.45, 7) is 6.87. The Labute approximate surface area is 214 Å². The molecule has 0 spiro atoms. The molecule has 0 saturated heterocycles. The van der Waals surface area contributed by atoms with Crippen molar-refractivity contribution in [3.05, 3.63) is 65.7 Å². The van der Waals surface area contributed by atoms with Gasteiger partial charge >= 0.3 is 0 Å². The Bertz CT molecular complexity index is 1060. The molecule has 0 unspecified atom stereocenters. The van der Waals surface area contributed by atoms with Crippen molar-refractivity contribution < 1.29 is 19.4 Å². The van der Waals surface area contributed by atoms with Crippen LogP contribution in [0.25, 0.3) is 0 Å².